The molecule has 1 saturated carbocycles. The highest BCUT2D eigenvalue weighted by Gasteiger charge is 2.55. The number of ether oxygens (including phenoxy) is 2. The number of urea groups is 1. The number of rotatable bonds is 7. The Morgan fingerprint density at radius 3 is 2.88 bits per heavy atom. The molecule has 1 aliphatic carbocycles. The second kappa shape index (κ2) is 7.95. The van der Waals surface area contributed by atoms with Crippen molar-refractivity contribution in [3.63, 3.8) is 0 Å². The Balaban J connectivity index is 1.63. The summed E-state index contributed by atoms with van der Waals surface area (Å²) in [7, 11) is 1.64. The molecule has 0 radical (unpaired) electrons. The van der Waals surface area contributed by atoms with Crippen LogP contribution < -0.4 is 10.1 Å². The molecular weight excluding hydrogens is 336 g/mol. The monoisotopic (exact) mass is 362 g/mol. The van der Waals surface area contributed by atoms with Crippen LogP contribution in [-0.2, 0) is 9.53 Å². The highest BCUT2D eigenvalue weighted by atomic mass is 16.5. The van der Waals surface area contributed by atoms with E-state index < -0.39 is 11.4 Å². The summed E-state index contributed by atoms with van der Waals surface area (Å²) >= 11 is 0. The Kier molecular flexibility index (Phi) is 5.66. The first-order valence-electron chi connectivity index (χ1n) is 9.07. The Bertz CT molecular complexity index is 665. The summed E-state index contributed by atoms with van der Waals surface area (Å²) in [5, 5.41) is 12.5. The van der Waals surface area contributed by atoms with Crippen molar-refractivity contribution in [2.45, 2.75) is 25.7 Å². The molecule has 2 aliphatic rings. The lowest BCUT2D eigenvalue weighted by atomic mass is 9.81. The van der Waals surface area contributed by atoms with Crippen LogP contribution in [0, 0.1) is 11.3 Å². The lowest BCUT2D eigenvalue weighted by molar-refractivity contribution is -0.149. The molecule has 1 aromatic rings. The van der Waals surface area contributed by atoms with Gasteiger partial charge in [-0.25, -0.2) is 4.79 Å². The van der Waals surface area contributed by atoms with Gasteiger partial charge in [0.1, 0.15) is 5.75 Å². The molecular formula is C19H26N2O5. The third-order valence-electron chi connectivity index (χ3n) is 5.46. The van der Waals surface area contributed by atoms with Gasteiger partial charge in [-0.2, -0.15) is 0 Å². The van der Waals surface area contributed by atoms with Gasteiger partial charge >= 0.3 is 12.0 Å². The number of para-hydroxylation sites is 2. The lowest BCUT2D eigenvalue weighted by Crippen LogP contribution is -2.38. The predicted molar refractivity (Wildman–Crippen MR) is 96.4 cm³/mol. The molecule has 7 nitrogen and oxygen atoms in total. The van der Waals surface area contributed by atoms with Crippen LogP contribution in [0.15, 0.2) is 24.3 Å². The van der Waals surface area contributed by atoms with Crippen LogP contribution in [-0.4, -0.2) is 55.4 Å². The number of amides is 2. The van der Waals surface area contributed by atoms with Crippen molar-refractivity contribution in [2.75, 3.05) is 38.7 Å². The number of carbonyl (C=O) groups excluding carboxylic acids is 1. The number of hydrogen-bond acceptors (Lipinski definition) is 4. The first-order chi connectivity index (χ1) is 12.6. The summed E-state index contributed by atoms with van der Waals surface area (Å²) in [6.45, 7) is 1.88. The number of anilines is 1. The third-order valence-corrected chi connectivity index (χ3v) is 5.46. The Morgan fingerprint density at radius 1 is 1.35 bits per heavy atom. The Labute approximate surface area is 153 Å². The molecule has 0 spiro atoms. The zero-order valence-corrected chi connectivity index (χ0v) is 15.1. The van der Waals surface area contributed by atoms with Crippen molar-refractivity contribution in [3.05, 3.63) is 24.3 Å². The number of carbonyl (C=O) groups is 2. The maximum atomic E-state index is 12.7. The first-order valence-corrected chi connectivity index (χ1v) is 9.07. The molecule has 1 saturated heterocycles. The predicted octanol–water partition coefficient (Wildman–Crippen LogP) is 2.82. The molecule has 7 heteroatoms. The quantitative estimate of drug-likeness (QED) is 0.728. The van der Waals surface area contributed by atoms with Crippen LogP contribution in [0.1, 0.15) is 25.7 Å². The molecule has 1 aromatic carbocycles. The van der Waals surface area contributed by atoms with Crippen LogP contribution in [0.5, 0.6) is 5.75 Å². The van der Waals surface area contributed by atoms with Gasteiger partial charge in [-0.15, -0.1) is 0 Å². The third kappa shape index (κ3) is 3.62. The molecule has 3 rings (SSSR count). The largest absolute Gasteiger partial charge is 0.491 e. The van der Waals surface area contributed by atoms with Gasteiger partial charge in [0.05, 0.1) is 17.7 Å². The normalized spacial score (nSPS) is 24.3. The van der Waals surface area contributed by atoms with Crippen molar-refractivity contribution >= 4 is 17.7 Å². The highest BCUT2D eigenvalue weighted by molar-refractivity contribution is 5.92. The SMILES string of the molecule is COCCCOc1ccccc1NC(=O)N1C[C@@H]2CCC[C@@]2(C(=O)O)C1. The number of carboxylic acid groups (broad SMARTS) is 1. The summed E-state index contributed by atoms with van der Waals surface area (Å²) < 4.78 is 10.7. The van der Waals surface area contributed by atoms with Gasteiger partial charge in [0.15, 0.2) is 0 Å². The van der Waals surface area contributed by atoms with E-state index in [4.69, 9.17) is 9.47 Å². The summed E-state index contributed by atoms with van der Waals surface area (Å²) in [6, 6.07) is 7.00. The molecule has 0 unspecified atom stereocenters. The van der Waals surface area contributed by atoms with E-state index in [1.165, 1.54) is 0 Å². The zero-order valence-electron chi connectivity index (χ0n) is 15.1. The number of nitrogens with zero attached hydrogens (tertiary/aromatic N) is 1. The summed E-state index contributed by atoms with van der Waals surface area (Å²) in [5.41, 5.74) is -0.176. The molecule has 0 bridgehead atoms. The van der Waals surface area contributed by atoms with Gasteiger partial charge < -0.3 is 24.8 Å². The Hall–Kier alpha value is -2.28. The van der Waals surface area contributed by atoms with Crippen molar-refractivity contribution in [1.29, 1.82) is 0 Å². The molecule has 142 valence electrons. The number of aliphatic carboxylic acids is 1. The summed E-state index contributed by atoms with van der Waals surface area (Å²) in [5.74, 6) is -0.132. The average Bonchev–Trinajstić information content (AvgIpc) is 3.18. The van der Waals surface area contributed by atoms with E-state index in [2.05, 4.69) is 5.32 Å². The van der Waals surface area contributed by atoms with Gasteiger partial charge in [-0.1, -0.05) is 18.6 Å². The van der Waals surface area contributed by atoms with Crippen LogP contribution >= 0.6 is 0 Å². The molecule has 0 aromatic heterocycles. The molecule has 2 amide bonds. The maximum absolute atomic E-state index is 12.7. The summed E-state index contributed by atoms with van der Waals surface area (Å²) in [4.78, 5) is 26.1. The molecule has 1 heterocycles. The molecule has 1 aliphatic heterocycles. The average molecular weight is 362 g/mol. The molecule has 2 atom stereocenters. The second-order valence-corrected chi connectivity index (χ2v) is 7.05. The standard InChI is InChI=1S/C19H26N2O5/c1-25-10-5-11-26-16-8-3-2-7-15(16)20-18(24)21-12-14-6-4-9-19(14,13-21)17(22)23/h2-3,7-8,14H,4-6,9-13H2,1H3,(H,20,24)(H,22,23)/t14-,19+/m0/s1. The van der Waals surface area contributed by atoms with Gasteiger partial charge in [-0.05, 0) is 30.9 Å². The number of likely N-dealkylation sites (tertiary alicyclic amines) is 1. The lowest BCUT2D eigenvalue weighted by Gasteiger charge is -2.23. The number of benzene rings is 1. The fourth-order valence-electron chi connectivity index (χ4n) is 4.07. The second-order valence-electron chi connectivity index (χ2n) is 7.05. The molecule has 2 fully saturated rings. The van der Waals surface area contributed by atoms with Crippen molar-refractivity contribution in [1.82, 2.24) is 4.90 Å². The van der Waals surface area contributed by atoms with E-state index in [9.17, 15) is 14.7 Å². The number of nitrogens with one attached hydrogen (secondary N) is 1. The van der Waals surface area contributed by atoms with E-state index in [1.807, 2.05) is 12.1 Å². The smallest absolute Gasteiger partial charge is 0.321 e. The van der Waals surface area contributed by atoms with Crippen molar-refractivity contribution in [3.8, 4) is 5.75 Å². The zero-order chi connectivity index (χ0) is 18.6. The fraction of sp³-hybridized carbons (Fsp3) is 0.579. The van der Waals surface area contributed by atoms with Crippen molar-refractivity contribution < 1.29 is 24.2 Å². The minimum Gasteiger partial charge on any atom is -0.491 e. The van der Waals surface area contributed by atoms with E-state index in [-0.39, 0.29) is 18.5 Å². The van der Waals surface area contributed by atoms with E-state index in [0.29, 0.717) is 37.6 Å². The number of carboxylic acids is 1. The molecule has 26 heavy (non-hydrogen) atoms. The van der Waals surface area contributed by atoms with Gasteiger partial charge in [0, 0.05) is 33.2 Å². The number of hydrogen-bond donors (Lipinski definition) is 2. The maximum Gasteiger partial charge on any atom is 0.321 e. The van der Waals surface area contributed by atoms with E-state index in [0.717, 1.165) is 19.3 Å². The van der Waals surface area contributed by atoms with Crippen LogP contribution in [0.4, 0.5) is 10.5 Å². The number of fused-ring (bicyclic) bond motifs is 1. The van der Waals surface area contributed by atoms with Crippen LogP contribution in [0.3, 0.4) is 0 Å². The van der Waals surface area contributed by atoms with E-state index in [1.54, 1.807) is 24.1 Å². The minimum absolute atomic E-state index is 0.0475. The van der Waals surface area contributed by atoms with Crippen molar-refractivity contribution in [2.24, 2.45) is 11.3 Å². The van der Waals surface area contributed by atoms with Gasteiger partial charge in [0.25, 0.3) is 0 Å². The van der Waals surface area contributed by atoms with E-state index >= 15 is 0 Å². The molecule has 2 N–H and O–H groups in total. The van der Waals surface area contributed by atoms with Gasteiger partial charge in [0.2, 0.25) is 0 Å². The fourth-order valence-corrected chi connectivity index (χ4v) is 4.07. The minimum atomic E-state index is -0.780. The number of methoxy groups -OCH3 is 1. The summed E-state index contributed by atoms with van der Waals surface area (Å²) in [6.07, 6.45) is 3.20. The topological polar surface area (TPSA) is 88.1 Å². The van der Waals surface area contributed by atoms with Crippen LogP contribution in [0.2, 0.25) is 0 Å². The highest BCUT2D eigenvalue weighted by Crippen LogP contribution is 2.49. The van der Waals surface area contributed by atoms with Gasteiger partial charge in [-0.3, -0.25) is 4.79 Å². The van der Waals surface area contributed by atoms with Crippen LogP contribution in [0.25, 0.3) is 0 Å². The first kappa shape index (κ1) is 18.5. The Morgan fingerprint density at radius 2 is 2.15 bits per heavy atom.